The van der Waals surface area contributed by atoms with E-state index in [1.54, 1.807) is 0 Å². The first-order valence-corrected chi connectivity index (χ1v) is 6.51. The fourth-order valence-corrected chi connectivity index (χ4v) is 2.14. The highest BCUT2D eigenvalue weighted by atomic mass is 14.8. The second-order valence-corrected chi connectivity index (χ2v) is 4.56. The summed E-state index contributed by atoms with van der Waals surface area (Å²) in [4.78, 5) is 4.32. The summed E-state index contributed by atoms with van der Waals surface area (Å²) >= 11 is 0. The number of aromatic nitrogens is 1. The zero-order chi connectivity index (χ0) is 12.8. The third kappa shape index (κ3) is 3.17. The monoisotopic (exact) mass is 240 g/mol. The lowest BCUT2D eigenvalue weighted by molar-refractivity contribution is 0.813. The van der Waals surface area contributed by atoms with Crippen molar-refractivity contribution in [2.75, 3.05) is 7.05 Å². The van der Waals surface area contributed by atoms with E-state index in [-0.39, 0.29) is 0 Å². The highest BCUT2D eigenvalue weighted by molar-refractivity contribution is 5.63. The molecule has 1 N–H and O–H groups in total. The van der Waals surface area contributed by atoms with Crippen molar-refractivity contribution in [3.8, 4) is 11.1 Å². The van der Waals surface area contributed by atoms with Crippen LogP contribution in [-0.2, 0) is 13.0 Å². The predicted octanol–water partition coefficient (Wildman–Crippen LogP) is 3.42. The highest BCUT2D eigenvalue weighted by Crippen LogP contribution is 2.21. The molecule has 1 aromatic carbocycles. The van der Waals surface area contributed by atoms with Gasteiger partial charge in [-0.1, -0.05) is 37.6 Å². The Labute approximate surface area is 109 Å². The lowest BCUT2D eigenvalue weighted by Crippen LogP contribution is -2.05. The first-order chi connectivity index (χ1) is 8.83. The highest BCUT2D eigenvalue weighted by Gasteiger charge is 2.01. The van der Waals surface area contributed by atoms with Gasteiger partial charge in [0.2, 0.25) is 0 Å². The average Bonchev–Trinajstić information content (AvgIpc) is 2.40. The Balaban J connectivity index is 2.29. The van der Waals surface area contributed by atoms with Gasteiger partial charge < -0.3 is 5.32 Å². The van der Waals surface area contributed by atoms with E-state index in [0.29, 0.717) is 0 Å². The molecule has 0 saturated heterocycles. The maximum absolute atomic E-state index is 4.32. The Morgan fingerprint density at radius 1 is 1.06 bits per heavy atom. The van der Waals surface area contributed by atoms with Gasteiger partial charge in [0.25, 0.3) is 0 Å². The third-order valence-electron chi connectivity index (χ3n) is 2.97. The van der Waals surface area contributed by atoms with Crippen LogP contribution in [0.15, 0.2) is 42.7 Å². The summed E-state index contributed by atoms with van der Waals surface area (Å²) in [5.41, 5.74) is 5.07. The van der Waals surface area contributed by atoms with Crippen LogP contribution in [0, 0.1) is 0 Å². The maximum atomic E-state index is 4.32. The van der Waals surface area contributed by atoms with E-state index in [1.807, 2.05) is 19.4 Å². The number of benzene rings is 1. The van der Waals surface area contributed by atoms with E-state index >= 15 is 0 Å². The molecule has 0 radical (unpaired) electrons. The molecular weight excluding hydrogens is 220 g/mol. The topological polar surface area (TPSA) is 24.9 Å². The molecule has 2 aromatic rings. The molecule has 0 bridgehead atoms. The van der Waals surface area contributed by atoms with Crippen molar-refractivity contribution in [3.63, 3.8) is 0 Å². The Hall–Kier alpha value is -1.67. The SMILES string of the molecule is CCCc1cccc(-c2cncc(CNC)c2)c1. The zero-order valence-corrected chi connectivity index (χ0v) is 11.1. The first-order valence-electron chi connectivity index (χ1n) is 6.51. The fraction of sp³-hybridized carbons (Fsp3) is 0.312. The molecule has 94 valence electrons. The van der Waals surface area contributed by atoms with E-state index in [1.165, 1.54) is 28.7 Å². The van der Waals surface area contributed by atoms with Gasteiger partial charge in [0, 0.05) is 24.5 Å². The zero-order valence-electron chi connectivity index (χ0n) is 11.1. The summed E-state index contributed by atoms with van der Waals surface area (Å²) in [5.74, 6) is 0. The number of hydrogen-bond acceptors (Lipinski definition) is 2. The number of pyridine rings is 1. The van der Waals surface area contributed by atoms with Crippen molar-refractivity contribution in [2.24, 2.45) is 0 Å². The summed E-state index contributed by atoms with van der Waals surface area (Å²) < 4.78 is 0. The van der Waals surface area contributed by atoms with Crippen LogP contribution < -0.4 is 5.32 Å². The molecule has 2 rings (SSSR count). The van der Waals surface area contributed by atoms with Gasteiger partial charge in [0.1, 0.15) is 0 Å². The van der Waals surface area contributed by atoms with Crippen LogP contribution >= 0.6 is 0 Å². The molecule has 2 nitrogen and oxygen atoms in total. The fourth-order valence-electron chi connectivity index (χ4n) is 2.14. The van der Waals surface area contributed by atoms with E-state index in [9.17, 15) is 0 Å². The quantitative estimate of drug-likeness (QED) is 0.866. The van der Waals surface area contributed by atoms with Crippen molar-refractivity contribution in [1.82, 2.24) is 10.3 Å². The van der Waals surface area contributed by atoms with Crippen molar-refractivity contribution in [1.29, 1.82) is 0 Å². The molecule has 0 spiro atoms. The largest absolute Gasteiger partial charge is 0.316 e. The normalized spacial score (nSPS) is 10.6. The molecule has 0 aliphatic heterocycles. The molecule has 1 aromatic heterocycles. The molecule has 0 aliphatic carbocycles. The Morgan fingerprint density at radius 2 is 1.89 bits per heavy atom. The average molecular weight is 240 g/mol. The standard InChI is InChI=1S/C16H20N2/c1-3-5-13-6-4-7-15(8-13)16-9-14(10-17-2)11-18-12-16/h4,6-9,11-12,17H,3,5,10H2,1-2H3. The van der Waals surface area contributed by atoms with Crippen LogP contribution in [0.4, 0.5) is 0 Å². The van der Waals surface area contributed by atoms with Crippen LogP contribution in [0.5, 0.6) is 0 Å². The molecule has 0 saturated carbocycles. The van der Waals surface area contributed by atoms with Gasteiger partial charge in [-0.2, -0.15) is 0 Å². The van der Waals surface area contributed by atoms with Crippen molar-refractivity contribution in [2.45, 2.75) is 26.3 Å². The van der Waals surface area contributed by atoms with Crippen molar-refractivity contribution < 1.29 is 0 Å². The Morgan fingerprint density at radius 3 is 2.67 bits per heavy atom. The van der Waals surface area contributed by atoms with Gasteiger partial charge >= 0.3 is 0 Å². The van der Waals surface area contributed by atoms with Gasteiger partial charge in [-0.3, -0.25) is 4.98 Å². The minimum absolute atomic E-state index is 0.857. The van der Waals surface area contributed by atoms with E-state index in [2.05, 4.69) is 47.6 Å². The van der Waals surface area contributed by atoms with Gasteiger partial charge in [-0.05, 0) is 36.2 Å². The molecule has 18 heavy (non-hydrogen) atoms. The molecule has 0 unspecified atom stereocenters. The lowest BCUT2D eigenvalue weighted by atomic mass is 10.0. The number of rotatable bonds is 5. The molecule has 0 atom stereocenters. The van der Waals surface area contributed by atoms with E-state index in [4.69, 9.17) is 0 Å². The van der Waals surface area contributed by atoms with Crippen molar-refractivity contribution in [3.05, 3.63) is 53.9 Å². The van der Waals surface area contributed by atoms with Crippen LogP contribution in [0.3, 0.4) is 0 Å². The van der Waals surface area contributed by atoms with Gasteiger partial charge in [0.15, 0.2) is 0 Å². The number of nitrogens with zero attached hydrogens (tertiary/aromatic N) is 1. The summed E-state index contributed by atoms with van der Waals surface area (Å²) in [6.07, 6.45) is 6.17. The van der Waals surface area contributed by atoms with Gasteiger partial charge in [-0.25, -0.2) is 0 Å². The van der Waals surface area contributed by atoms with E-state index in [0.717, 1.165) is 13.0 Å². The molecule has 1 heterocycles. The Bertz CT molecular complexity index is 458. The minimum atomic E-state index is 0.857. The summed E-state index contributed by atoms with van der Waals surface area (Å²) in [6.45, 7) is 3.07. The molecule has 0 aliphatic rings. The summed E-state index contributed by atoms with van der Waals surface area (Å²) in [7, 11) is 1.95. The van der Waals surface area contributed by atoms with Gasteiger partial charge in [-0.15, -0.1) is 0 Å². The summed E-state index contributed by atoms with van der Waals surface area (Å²) in [5, 5.41) is 3.15. The number of aryl methyl sites for hydroxylation is 1. The van der Waals surface area contributed by atoms with Crippen LogP contribution in [-0.4, -0.2) is 12.0 Å². The maximum Gasteiger partial charge on any atom is 0.0346 e. The molecule has 0 amide bonds. The number of hydrogen-bond donors (Lipinski definition) is 1. The number of nitrogens with one attached hydrogen (secondary N) is 1. The first kappa shape index (κ1) is 12.8. The van der Waals surface area contributed by atoms with Crippen LogP contribution in [0.2, 0.25) is 0 Å². The molecular formula is C16H20N2. The smallest absolute Gasteiger partial charge is 0.0346 e. The van der Waals surface area contributed by atoms with E-state index < -0.39 is 0 Å². The van der Waals surface area contributed by atoms with Crippen LogP contribution in [0.25, 0.3) is 11.1 Å². The second-order valence-electron chi connectivity index (χ2n) is 4.56. The summed E-state index contributed by atoms with van der Waals surface area (Å²) in [6, 6.07) is 10.9. The molecule has 0 fully saturated rings. The van der Waals surface area contributed by atoms with Crippen LogP contribution in [0.1, 0.15) is 24.5 Å². The Kier molecular flexibility index (Phi) is 4.48. The predicted molar refractivity (Wildman–Crippen MR) is 76.4 cm³/mol. The van der Waals surface area contributed by atoms with Crippen molar-refractivity contribution >= 4 is 0 Å². The molecule has 2 heteroatoms. The second kappa shape index (κ2) is 6.31. The minimum Gasteiger partial charge on any atom is -0.316 e. The van der Waals surface area contributed by atoms with Gasteiger partial charge in [0.05, 0.1) is 0 Å². The lowest BCUT2D eigenvalue weighted by Gasteiger charge is -2.06. The third-order valence-corrected chi connectivity index (χ3v) is 2.97.